The van der Waals surface area contributed by atoms with Gasteiger partial charge in [0.15, 0.2) is 0 Å². The van der Waals surface area contributed by atoms with E-state index in [9.17, 15) is 8.42 Å². The maximum Gasteiger partial charge on any atom is 0.241 e. The van der Waals surface area contributed by atoms with Gasteiger partial charge >= 0.3 is 0 Å². The molecule has 0 amide bonds. The zero-order chi connectivity index (χ0) is 14.0. The van der Waals surface area contributed by atoms with Crippen molar-refractivity contribution in [3.05, 3.63) is 29.3 Å². The van der Waals surface area contributed by atoms with E-state index in [0.29, 0.717) is 11.4 Å². The molecule has 1 aliphatic rings. The first-order chi connectivity index (χ1) is 8.92. The van der Waals surface area contributed by atoms with Crippen molar-refractivity contribution in [1.29, 1.82) is 0 Å². The molecule has 5 nitrogen and oxygen atoms in total. The van der Waals surface area contributed by atoms with Gasteiger partial charge in [0.05, 0.1) is 4.90 Å². The van der Waals surface area contributed by atoms with E-state index in [0.717, 1.165) is 30.6 Å². The standard InChI is InChI=1S/C13H21N3O2S/c1-10-7-11(8-14)3-4-13(10)19(17,18)15-12-5-6-16(2)9-12/h3-4,7,12,15H,5-6,8-9,14H2,1-2H3. The molecule has 0 saturated carbocycles. The highest BCUT2D eigenvalue weighted by atomic mass is 32.2. The van der Waals surface area contributed by atoms with Gasteiger partial charge in [-0.1, -0.05) is 12.1 Å². The number of nitrogens with zero attached hydrogens (tertiary/aromatic N) is 1. The van der Waals surface area contributed by atoms with Crippen molar-refractivity contribution in [3.8, 4) is 0 Å². The van der Waals surface area contributed by atoms with E-state index >= 15 is 0 Å². The summed E-state index contributed by atoms with van der Waals surface area (Å²) in [5.41, 5.74) is 7.23. The van der Waals surface area contributed by atoms with E-state index in [4.69, 9.17) is 5.73 Å². The number of nitrogens with two attached hydrogens (primary N) is 1. The van der Waals surface area contributed by atoms with Gasteiger partial charge in [0.25, 0.3) is 0 Å². The van der Waals surface area contributed by atoms with Crippen LogP contribution >= 0.6 is 0 Å². The quantitative estimate of drug-likeness (QED) is 0.840. The molecule has 1 fully saturated rings. The first-order valence-corrected chi connectivity index (χ1v) is 7.91. The molecule has 1 atom stereocenters. The molecule has 0 aliphatic carbocycles. The molecule has 1 saturated heterocycles. The minimum atomic E-state index is -3.44. The summed E-state index contributed by atoms with van der Waals surface area (Å²) >= 11 is 0. The van der Waals surface area contributed by atoms with Crippen LogP contribution in [0.5, 0.6) is 0 Å². The predicted octanol–water partition coefficient (Wildman–Crippen LogP) is 0.436. The molecular weight excluding hydrogens is 262 g/mol. The lowest BCUT2D eigenvalue weighted by Crippen LogP contribution is -2.36. The van der Waals surface area contributed by atoms with E-state index in [-0.39, 0.29) is 6.04 Å². The van der Waals surface area contributed by atoms with E-state index in [1.165, 1.54) is 0 Å². The van der Waals surface area contributed by atoms with Crippen molar-refractivity contribution < 1.29 is 8.42 Å². The van der Waals surface area contributed by atoms with Gasteiger partial charge in [-0.2, -0.15) is 0 Å². The molecule has 0 radical (unpaired) electrons. The molecule has 1 aliphatic heterocycles. The van der Waals surface area contributed by atoms with Crippen LogP contribution in [0, 0.1) is 6.92 Å². The molecule has 0 spiro atoms. The number of sulfonamides is 1. The summed E-state index contributed by atoms with van der Waals surface area (Å²) in [5, 5.41) is 0. The third-order valence-electron chi connectivity index (χ3n) is 3.48. The van der Waals surface area contributed by atoms with Crippen LogP contribution in [0.4, 0.5) is 0 Å². The van der Waals surface area contributed by atoms with Crippen LogP contribution in [-0.2, 0) is 16.6 Å². The number of likely N-dealkylation sites (tertiary alicyclic amines) is 1. The van der Waals surface area contributed by atoms with E-state index in [1.54, 1.807) is 19.1 Å². The van der Waals surface area contributed by atoms with Crippen LogP contribution in [0.15, 0.2) is 23.1 Å². The van der Waals surface area contributed by atoms with Gasteiger partial charge in [-0.3, -0.25) is 0 Å². The summed E-state index contributed by atoms with van der Waals surface area (Å²) in [5.74, 6) is 0. The molecule has 1 unspecified atom stereocenters. The average molecular weight is 283 g/mol. The smallest absolute Gasteiger partial charge is 0.241 e. The number of aryl methyl sites for hydroxylation is 1. The van der Waals surface area contributed by atoms with Crippen LogP contribution in [0.2, 0.25) is 0 Å². The second-order valence-corrected chi connectivity index (χ2v) is 6.86. The minimum Gasteiger partial charge on any atom is -0.326 e. The monoisotopic (exact) mass is 283 g/mol. The topological polar surface area (TPSA) is 75.4 Å². The minimum absolute atomic E-state index is 0.00332. The van der Waals surface area contributed by atoms with Gasteiger partial charge in [-0.15, -0.1) is 0 Å². The Hall–Kier alpha value is -0.950. The number of likely N-dealkylation sites (N-methyl/N-ethyl adjacent to an activating group) is 1. The van der Waals surface area contributed by atoms with Gasteiger partial charge in [-0.05, 0) is 44.1 Å². The lowest BCUT2D eigenvalue weighted by Gasteiger charge is -2.15. The molecule has 19 heavy (non-hydrogen) atoms. The van der Waals surface area contributed by atoms with Gasteiger partial charge in [0.1, 0.15) is 0 Å². The first kappa shape index (κ1) is 14.5. The van der Waals surface area contributed by atoms with E-state index in [1.807, 2.05) is 13.1 Å². The normalized spacial score (nSPS) is 20.9. The Balaban J connectivity index is 2.19. The highest BCUT2D eigenvalue weighted by Crippen LogP contribution is 2.18. The molecule has 1 aromatic rings. The molecule has 2 rings (SSSR count). The molecular formula is C13H21N3O2S. The fourth-order valence-corrected chi connectivity index (χ4v) is 3.94. The van der Waals surface area contributed by atoms with Crippen LogP contribution in [0.3, 0.4) is 0 Å². The van der Waals surface area contributed by atoms with Crippen LogP contribution in [-0.4, -0.2) is 39.5 Å². The molecule has 0 aromatic heterocycles. The third kappa shape index (κ3) is 3.33. The van der Waals surface area contributed by atoms with Crippen LogP contribution in [0.25, 0.3) is 0 Å². The summed E-state index contributed by atoms with van der Waals surface area (Å²) in [4.78, 5) is 2.47. The molecule has 6 heteroatoms. The maximum atomic E-state index is 12.4. The number of rotatable bonds is 4. The Labute approximate surface area is 114 Å². The van der Waals surface area contributed by atoms with Crippen LogP contribution < -0.4 is 10.5 Å². The molecule has 0 bridgehead atoms. The van der Waals surface area contributed by atoms with Crippen molar-refractivity contribution >= 4 is 10.0 Å². The van der Waals surface area contributed by atoms with Gasteiger partial charge in [-0.25, -0.2) is 13.1 Å². The lowest BCUT2D eigenvalue weighted by atomic mass is 10.1. The lowest BCUT2D eigenvalue weighted by molar-refractivity contribution is 0.407. The molecule has 1 heterocycles. The second-order valence-electron chi connectivity index (χ2n) is 5.17. The van der Waals surface area contributed by atoms with E-state index in [2.05, 4.69) is 9.62 Å². The zero-order valence-corrected chi connectivity index (χ0v) is 12.2. The summed E-state index contributed by atoms with van der Waals surface area (Å²) in [6.45, 7) is 3.91. The molecule has 1 aromatic carbocycles. The van der Waals surface area contributed by atoms with Crippen molar-refractivity contribution in [2.75, 3.05) is 20.1 Å². The SMILES string of the molecule is Cc1cc(CN)ccc1S(=O)(=O)NC1CCN(C)C1. The first-order valence-electron chi connectivity index (χ1n) is 6.43. The molecule has 3 N–H and O–H groups in total. The van der Waals surface area contributed by atoms with Crippen molar-refractivity contribution in [3.63, 3.8) is 0 Å². The van der Waals surface area contributed by atoms with Crippen LogP contribution in [0.1, 0.15) is 17.5 Å². The third-order valence-corrected chi connectivity index (χ3v) is 5.16. The highest BCUT2D eigenvalue weighted by Gasteiger charge is 2.26. The van der Waals surface area contributed by atoms with Crippen molar-refractivity contribution in [2.45, 2.75) is 30.8 Å². The van der Waals surface area contributed by atoms with Gasteiger partial charge < -0.3 is 10.6 Å². The number of hydrogen-bond acceptors (Lipinski definition) is 4. The zero-order valence-electron chi connectivity index (χ0n) is 11.4. The number of hydrogen-bond donors (Lipinski definition) is 2. The number of nitrogens with one attached hydrogen (secondary N) is 1. The summed E-state index contributed by atoms with van der Waals surface area (Å²) < 4.78 is 27.5. The largest absolute Gasteiger partial charge is 0.326 e. The van der Waals surface area contributed by atoms with E-state index < -0.39 is 10.0 Å². The Morgan fingerprint density at radius 1 is 1.47 bits per heavy atom. The Kier molecular flexibility index (Phi) is 4.25. The fraction of sp³-hybridized carbons (Fsp3) is 0.538. The second kappa shape index (κ2) is 5.58. The van der Waals surface area contributed by atoms with Crippen molar-refractivity contribution in [2.24, 2.45) is 5.73 Å². The summed E-state index contributed by atoms with van der Waals surface area (Å²) in [6.07, 6.45) is 0.857. The molecule has 106 valence electrons. The van der Waals surface area contributed by atoms with Gasteiger partial charge in [0.2, 0.25) is 10.0 Å². The Morgan fingerprint density at radius 2 is 2.21 bits per heavy atom. The Bertz CT molecular complexity index is 557. The van der Waals surface area contributed by atoms with Crippen molar-refractivity contribution in [1.82, 2.24) is 9.62 Å². The maximum absolute atomic E-state index is 12.4. The summed E-state index contributed by atoms with van der Waals surface area (Å²) in [6, 6.07) is 5.24. The Morgan fingerprint density at radius 3 is 2.74 bits per heavy atom. The number of benzene rings is 1. The fourth-order valence-electron chi connectivity index (χ4n) is 2.45. The van der Waals surface area contributed by atoms with Gasteiger partial charge in [0, 0.05) is 19.1 Å². The predicted molar refractivity (Wildman–Crippen MR) is 75.3 cm³/mol. The average Bonchev–Trinajstić information content (AvgIpc) is 2.73. The highest BCUT2D eigenvalue weighted by molar-refractivity contribution is 7.89. The summed E-state index contributed by atoms with van der Waals surface area (Å²) in [7, 11) is -1.44.